The van der Waals surface area contributed by atoms with Crippen LogP contribution in [0.1, 0.15) is 28.8 Å². The van der Waals surface area contributed by atoms with E-state index >= 15 is 0 Å². The highest BCUT2D eigenvalue weighted by molar-refractivity contribution is 5.97. The molecule has 2 heterocycles. The molecule has 150 valence electrons. The maximum atomic E-state index is 13.4. The predicted molar refractivity (Wildman–Crippen MR) is 118 cm³/mol. The number of piperidine rings is 1. The van der Waals surface area contributed by atoms with Crippen LogP contribution in [0.4, 0.5) is 0 Å². The average Bonchev–Trinajstić information content (AvgIpc) is 2.78. The van der Waals surface area contributed by atoms with Crippen LogP contribution in [-0.4, -0.2) is 53.9 Å². The fourth-order valence-corrected chi connectivity index (χ4v) is 4.12. The number of fused-ring (bicyclic) bond motifs is 1. The van der Waals surface area contributed by atoms with E-state index < -0.39 is 0 Å². The molecule has 0 saturated carbocycles. The topological polar surface area (TPSA) is 36.4 Å². The summed E-state index contributed by atoms with van der Waals surface area (Å²) in [5, 5.41) is 1.07. The molecule has 29 heavy (non-hydrogen) atoms. The first-order valence-corrected chi connectivity index (χ1v) is 10.6. The van der Waals surface area contributed by atoms with Gasteiger partial charge in [-0.25, -0.2) is 0 Å². The third-order valence-electron chi connectivity index (χ3n) is 5.97. The Morgan fingerprint density at radius 3 is 2.66 bits per heavy atom. The molecular weight excluding hydrogens is 358 g/mol. The van der Waals surface area contributed by atoms with E-state index in [9.17, 15) is 4.79 Å². The molecule has 2 aromatic carbocycles. The van der Waals surface area contributed by atoms with Crippen molar-refractivity contribution in [3.63, 3.8) is 0 Å². The van der Waals surface area contributed by atoms with Crippen molar-refractivity contribution in [2.75, 3.05) is 33.2 Å². The lowest BCUT2D eigenvalue weighted by Gasteiger charge is -2.33. The molecule has 1 aliphatic rings. The van der Waals surface area contributed by atoms with Crippen molar-refractivity contribution in [1.29, 1.82) is 0 Å². The second kappa shape index (κ2) is 9.19. The number of amides is 1. The molecule has 0 N–H and O–H groups in total. The third-order valence-corrected chi connectivity index (χ3v) is 5.97. The molecule has 1 aromatic heterocycles. The summed E-state index contributed by atoms with van der Waals surface area (Å²) in [6, 6.07) is 20.3. The van der Waals surface area contributed by atoms with Gasteiger partial charge in [-0.15, -0.1) is 0 Å². The molecule has 4 rings (SSSR count). The van der Waals surface area contributed by atoms with Gasteiger partial charge in [0.25, 0.3) is 5.91 Å². The van der Waals surface area contributed by atoms with Crippen LogP contribution in [0.5, 0.6) is 0 Å². The fraction of sp³-hybridized carbons (Fsp3) is 0.360. The van der Waals surface area contributed by atoms with Gasteiger partial charge in [0.2, 0.25) is 0 Å². The first-order valence-electron chi connectivity index (χ1n) is 10.6. The Labute approximate surface area is 173 Å². The van der Waals surface area contributed by atoms with Crippen LogP contribution in [0, 0.1) is 5.92 Å². The zero-order valence-electron chi connectivity index (χ0n) is 17.1. The Balaban J connectivity index is 1.52. The summed E-state index contributed by atoms with van der Waals surface area (Å²) >= 11 is 0. The molecule has 4 nitrogen and oxygen atoms in total. The molecule has 0 bridgehead atoms. The number of carbonyl (C=O) groups excluding carboxylic acids is 1. The second-order valence-corrected chi connectivity index (χ2v) is 8.14. The molecule has 0 spiro atoms. The SMILES string of the molecule is CN1CCC(CN(CCc2ccccc2)C(=O)c2ccc3cccnc3c2)CC1. The van der Waals surface area contributed by atoms with Gasteiger partial charge in [0.05, 0.1) is 5.52 Å². The van der Waals surface area contributed by atoms with Crippen molar-refractivity contribution in [2.24, 2.45) is 5.92 Å². The first-order chi connectivity index (χ1) is 14.2. The Hall–Kier alpha value is -2.72. The quantitative estimate of drug-likeness (QED) is 0.634. The smallest absolute Gasteiger partial charge is 0.253 e. The molecular formula is C25H29N3O. The van der Waals surface area contributed by atoms with E-state index in [1.54, 1.807) is 6.20 Å². The van der Waals surface area contributed by atoms with Crippen LogP contribution in [0.25, 0.3) is 10.9 Å². The maximum Gasteiger partial charge on any atom is 0.253 e. The molecule has 1 aliphatic heterocycles. The van der Waals surface area contributed by atoms with E-state index in [0.717, 1.165) is 61.9 Å². The lowest BCUT2D eigenvalue weighted by molar-refractivity contribution is 0.0700. The number of pyridine rings is 1. The number of rotatable bonds is 6. The largest absolute Gasteiger partial charge is 0.338 e. The predicted octanol–water partition coefficient (Wildman–Crippen LogP) is 4.26. The van der Waals surface area contributed by atoms with Gasteiger partial charge in [-0.05, 0) is 69.1 Å². The van der Waals surface area contributed by atoms with Gasteiger partial charge in [0.15, 0.2) is 0 Å². The average molecular weight is 388 g/mol. The summed E-state index contributed by atoms with van der Waals surface area (Å²) in [4.78, 5) is 22.3. The van der Waals surface area contributed by atoms with Crippen molar-refractivity contribution in [2.45, 2.75) is 19.3 Å². The van der Waals surface area contributed by atoms with Gasteiger partial charge in [-0.1, -0.05) is 42.5 Å². The van der Waals surface area contributed by atoms with E-state index in [4.69, 9.17) is 0 Å². The Kier molecular flexibility index (Phi) is 6.20. The molecule has 1 saturated heterocycles. The minimum Gasteiger partial charge on any atom is -0.338 e. The molecule has 4 heteroatoms. The molecule has 0 atom stereocenters. The van der Waals surface area contributed by atoms with Gasteiger partial charge in [0.1, 0.15) is 0 Å². The van der Waals surface area contributed by atoms with Crippen LogP contribution >= 0.6 is 0 Å². The zero-order valence-corrected chi connectivity index (χ0v) is 17.1. The minimum absolute atomic E-state index is 0.118. The van der Waals surface area contributed by atoms with Crippen molar-refractivity contribution in [3.05, 3.63) is 78.0 Å². The number of benzene rings is 2. The maximum absolute atomic E-state index is 13.4. The third kappa shape index (κ3) is 5.01. The lowest BCUT2D eigenvalue weighted by Crippen LogP contribution is -2.40. The van der Waals surface area contributed by atoms with Gasteiger partial charge >= 0.3 is 0 Å². The highest BCUT2D eigenvalue weighted by Crippen LogP contribution is 2.20. The van der Waals surface area contributed by atoms with Crippen LogP contribution in [-0.2, 0) is 6.42 Å². The van der Waals surface area contributed by atoms with Crippen molar-refractivity contribution in [1.82, 2.24) is 14.8 Å². The standard InChI is InChI=1S/C25H29N3O/c1-27-15-11-21(12-16-27)19-28(17-13-20-6-3-2-4-7-20)25(29)23-10-9-22-8-5-14-26-24(22)18-23/h2-10,14,18,21H,11-13,15-17,19H2,1H3. The molecule has 0 radical (unpaired) electrons. The zero-order chi connectivity index (χ0) is 20.1. The highest BCUT2D eigenvalue weighted by atomic mass is 16.2. The summed E-state index contributed by atoms with van der Waals surface area (Å²) in [6.07, 6.45) is 4.98. The lowest BCUT2D eigenvalue weighted by atomic mass is 9.96. The van der Waals surface area contributed by atoms with Crippen LogP contribution in [0.2, 0.25) is 0 Å². The summed E-state index contributed by atoms with van der Waals surface area (Å²) in [5.41, 5.74) is 2.88. The summed E-state index contributed by atoms with van der Waals surface area (Å²) < 4.78 is 0. The second-order valence-electron chi connectivity index (χ2n) is 8.14. The van der Waals surface area contributed by atoms with Gasteiger partial charge in [-0.3, -0.25) is 9.78 Å². The number of hydrogen-bond donors (Lipinski definition) is 0. The molecule has 1 amide bonds. The van der Waals surface area contributed by atoms with Gasteiger partial charge in [0, 0.05) is 30.2 Å². The Morgan fingerprint density at radius 2 is 1.86 bits per heavy atom. The van der Waals surface area contributed by atoms with Crippen LogP contribution in [0.3, 0.4) is 0 Å². The highest BCUT2D eigenvalue weighted by Gasteiger charge is 2.23. The number of nitrogens with zero attached hydrogens (tertiary/aromatic N) is 3. The van der Waals surface area contributed by atoms with Crippen LogP contribution in [0.15, 0.2) is 66.9 Å². The van der Waals surface area contributed by atoms with E-state index in [1.165, 1.54) is 5.56 Å². The number of likely N-dealkylation sites (tertiary alicyclic amines) is 1. The molecule has 0 unspecified atom stereocenters. The molecule has 3 aromatic rings. The first kappa shape index (κ1) is 19.6. The molecule has 0 aliphatic carbocycles. The normalized spacial score (nSPS) is 15.5. The van der Waals surface area contributed by atoms with Crippen molar-refractivity contribution in [3.8, 4) is 0 Å². The Morgan fingerprint density at radius 1 is 1.07 bits per heavy atom. The van der Waals surface area contributed by atoms with Crippen molar-refractivity contribution >= 4 is 16.8 Å². The summed E-state index contributed by atoms with van der Waals surface area (Å²) in [7, 11) is 2.18. The van der Waals surface area contributed by atoms with E-state index in [1.807, 2.05) is 36.4 Å². The van der Waals surface area contributed by atoms with Gasteiger partial charge in [-0.2, -0.15) is 0 Å². The number of carbonyl (C=O) groups is 1. The van der Waals surface area contributed by atoms with Crippen molar-refractivity contribution < 1.29 is 4.79 Å². The number of hydrogen-bond acceptors (Lipinski definition) is 3. The minimum atomic E-state index is 0.118. The van der Waals surface area contributed by atoms with Gasteiger partial charge < -0.3 is 9.80 Å². The van der Waals surface area contributed by atoms with Crippen LogP contribution < -0.4 is 0 Å². The van der Waals surface area contributed by atoms with E-state index in [-0.39, 0.29) is 5.91 Å². The van der Waals surface area contributed by atoms with E-state index in [2.05, 4.69) is 46.1 Å². The summed E-state index contributed by atoms with van der Waals surface area (Å²) in [5.74, 6) is 0.692. The number of aromatic nitrogens is 1. The fourth-order valence-electron chi connectivity index (χ4n) is 4.12. The Bertz CT molecular complexity index is 948. The van der Waals surface area contributed by atoms with E-state index in [0.29, 0.717) is 5.92 Å². The summed E-state index contributed by atoms with van der Waals surface area (Å²) in [6.45, 7) is 3.81. The monoisotopic (exact) mass is 387 g/mol. The molecule has 1 fully saturated rings.